The van der Waals surface area contributed by atoms with Gasteiger partial charge in [-0.3, -0.25) is 0 Å². The largest absolute Gasteiger partial charge is 0.309 e. The third kappa shape index (κ3) is 4.60. The zero-order chi connectivity index (χ0) is 36.0. The average Bonchev–Trinajstić information content (AvgIpc) is 3.90. The second-order valence-corrected chi connectivity index (χ2v) is 15.6. The molecule has 9 aromatic carbocycles. The van der Waals surface area contributed by atoms with Gasteiger partial charge in [0.2, 0.25) is 0 Å². The summed E-state index contributed by atoms with van der Waals surface area (Å²) in [6.07, 6.45) is 0. The normalized spacial score (nSPS) is 12.0. The molecular weight excluding hydrogens is 685 g/mol. The Morgan fingerprint density at radius 3 is 1.73 bits per heavy atom. The second kappa shape index (κ2) is 11.8. The lowest BCUT2D eigenvalue weighted by molar-refractivity contribution is 1.18. The molecular formula is C52H32N2S. The van der Waals surface area contributed by atoms with Gasteiger partial charge in [-0.1, -0.05) is 121 Å². The zero-order valence-corrected chi connectivity index (χ0v) is 30.6. The molecule has 0 fully saturated rings. The fourth-order valence-corrected chi connectivity index (χ4v) is 10.1. The number of aromatic nitrogens is 2. The molecule has 3 aromatic heterocycles. The summed E-state index contributed by atoms with van der Waals surface area (Å²) in [4.78, 5) is 0. The van der Waals surface area contributed by atoms with E-state index in [1.165, 1.54) is 102 Å². The average molecular weight is 717 g/mol. The highest BCUT2D eigenvalue weighted by Crippen LogP contribution is 2.43. The fourth-order valence-electron chi connectivity index (χ4n) is 8.97. The van der Waals surface area contributed by atoms with Gasteiger partial charge in [0, 0.05) is 47.4 Å². The standard InChI is InChI=1S/C52H32N2S/c1-2-12-33(13-3-1)34-16-10-17-39(28-34)53-45-20-8-6-18-40(45)42-30-37(24-26-46(42)53)38-25-27-47-43(31-38)44-29-35-14-4-5-15-36(35)32-49(44)54(47)48-21-11-23-51-52(48)41-19-7-9-22-50(41)55-51/h1-32H. The van der Waals surface area contributed by atoms with Crippen molar-refractivity contribution in [1.29, 1.82) is 0 Å². The molecule has 0 spiro atoms. The minimum atomic E-state index is 1.16. The Bertz CT molecular complexity index is 3490. The summed E-state index contributed by atoms with van der Waals surface area (Å²) >= 11 is 1.87. The predicted molar refractivity (Wildman–Crippen MR) is 236 cm³/mol. The summed E-state index contributed by atoms with van der Waals surface area (Å²) in [5.41, 5.74) is 12.1. The first-order valence-electron chi connectivity index (χ1n) is 18.8. The van der Waals surface area contributed by atoms with Gasteiger partial charge in [-0.25, -0.2) is 0 Å². The van der Waals surface area contributed by atoms with Crippen LogP contribution in [-0.4, -0.2) is 9.13 Å². The van der Waals surface area contributed by atoms with E-state index in [9.17, 15) is 0 Å². The second-order valence-electron chi connectivity index (χ2n) is 14.5. The van der Waals surface area contributed by atoms with Gasteiger partial charge >= 0.3 is 0 Å². The minimum absolute atomic E-state index is 1.16. The monoisotopic (exact) mass is 716 g/mol. The molecule has 3 heterocycles. The van der Waals surface area contributed by atoms with E-state index < -0.39 is 0 Å². The molecule has 0 amide bonds. The number of hydrogen-bond donors (Lipinski definition) is 0. The number of fused-ring (bicyclic) bond motifs is 10. The smallest absolute Gasteiger partial charge is 0.0555 e. The van der Waals surface area contributed by atoms with Crippen molar-refractivity contribution in [3.63, 3.8) is 0 Å². The van der Waals surface area contributed by atoms with Crippen LogP contribution in [0.3, 0.4) is 0 Å². The van der Waals surface area contributed by atoms with Crippen molar-refractivity contribution in [3.05, 3.63) is 194 Å². The van der Waals surface area contributed by atoms with Gasteiger partial charge in [-0.15, -0.1) is 11.3 Å². The topological polar surface area (TPSA) is 9.86 Å². The highest BCUT2D eigenvalue weighted by Gasteiger charge is 2.19. The molecule has 0 saturated carbocycles. The highest BCUT2D eigenvalue weighted by molar-refractivity contribution is 7.25. The van der Waals surface area contributed by atoms with Gasteiger partial charge in [-0.05, 0) is 106 Å². The van der Waals surface area contributed by atoms with Crippen molar-refractivity contribution < 1.29 is 0 Å². The van der Waals surface area contributed by atoms with Crippen LogP contribution in [0.5, 0.6) is 0 Å². The van der Waals surface area contributed by atoms with E-state index in [0.717, 1.165) is 5.69 Å². The summed E-state index contributed by atoms with van der Waals surface area (Å²) in [6, 6.07) is 71.5. The Morgan fingerprint density at radius 1 is 0.309 bits per heavy atom. The van der Waals surface area contributed by atoms with Crippen LogP contribution in [0, 0.1) is 0 Å². The Kier molecular flexibility index (Phi) is 6.54. The van der Waals surface area contributed by atoms with Gasteiger partial charge in [0.05, 0.1) is 27.8 Å². The summed E-state index contributed by atoms with van der Waals surface area (Å²) in [5, 5.41) is 10.2. The Hall–Kier alpha value is -6.94. The van der Waals surface area contributed by atoms with Crippen LogP contribution in [0.4, 0.5) is 0 Å². The molecule has 55 heavy (non-hydrogen) atoms. The number of hydrogen-bond acceptors (Lipinski definition) is 1. The molecule has 12 rings (SSSR count). The van der Waals surface area contributed by atoms with Crippen LogP contribution >= 0.6 is 11.3 Å². The summed E-state index contributed by atoms with van der Waals surface area (Å²) in [5.74, 6) is 0. The van der Waals surface area contributed by atoms with Crippen molar-refractivity contribution in [2.24, 2.45) is 0 Å². The maximum atomic E-state index is 2.50. The van der Waals surface area contributed by atoms with Gasteiger partial charge in [-0.2, -0.15) is 0 Å². The zero-order valence-electron chi connectivity index (χ0n) is 29.8. The van der Waals surface area contributed by atoms with E-state index in [1.54, 1.807) is 0 Å². The summed E-state index contributed by atoms with van der Waals surface area (Å²) in [7, 11) is 0. The quantitative estimate of drug-likeness (QED) is 0.172. The summed E-state index contributed by atoms with van der Waals surface area (Å²) in [6.45, 7) is 0. The van der Waals surface area contributed by atoms with Crippen LogP contribution in [-0.2, 0) is 0 Å². The van der Waals surface area contributed by atoms with Crippen LogP contribution in [0.15, 0.2) is 194 Å². The number of para-hydroxylation sites is 1. The van der Waals surface area contributed by atoms with E-state index in [1.807, 2.05) is 11.3 Å². The third-order valence-electron chi connectivity index (χ3n) is 11.5. The lowest BCUT2D eigenvalue weighted by Gasteiger charge is -2.11. The lowest BCUT2D eigenvalue weighted by atomic mass is 10.00. The first-order chi connectivity index (χ1) is 27.3. The molecule has 0 bridgehead atoms. The van der Waals surface area contributed by atoms with Crippen molar-refractivity contribution in [3.8, 4) is 33.6 Å². The number of nitrogens with zero attached hydrogens (tertiary/aromatic N) is 2. The van der Waals surface area contributed by atoms with E-state index in [2.05, 4.69) is 203 Å². The fraction of sp³-hybridized carbons (Fsp3) is 0. The number of thiophene rings is 1. The van der Waals surface area contributed by atoms with Crippen LogP contribution in [0.25, 0.3) is 108 Å². The van der Waals surface area contributed by atoms with Crippen molar-refractivity contribution in [1.82, 2.24) is 9.13 Å². The van der Waals surface area contributed by atoms with Crippen molar-refractivity contribution >= 4 is 85.9 Å². The Labute approximate surface area is 321 Å². The van der Waals surface area contributed by atoms with Crippen molar-refractivity contribution in [2.45, 2.75) is 0 Å². The molecule has 2 nitrogen and oxygen atoms in total. The number of benzene rings is 9. The van der Waals surface area contributed by atoms with E-state index in [4.69, 9.17) is 0 Å². The van der Waals surface area contributed by atoms with Crippen LogP contribution < -0.4 is 0 Å². The number of rotatable bonds is 4. The molecule has 0 aliphatic heterocycles. The molecule has 0 unspecified atom stereocenters. The minimum Gasteiger partial charge on any atom is -0.309 e. The molecule has 3 heteroatoms. The molecule has 0 aliphatic carbocycles. The van der Waals surface area contributed by atoms with Crippen LogP contribution in [0.1, 0.15) is 0 Å². The molecule has 12 aromatic rings. The first-order valence-corrected chi connectivity index (χ1v) is 19.7. The molecule has 0 aliphatic rings. The van der Waals surface area contributed by atoms with E-state index >= 15 is 0 Å². The van der Waals surface area contributed by atoms with E-state index in [-0.39, 0.29) is 0 Å². The molecule has 256 valence electrons. The van der Waals surface area contributed by atoms with E-state index in [0.29, 0.717) is 0 Å². The maximum absolute atomic E-state index is 2.50. The van der Waals surface area contributed by atoms with Gasteiger partial charge < -0.3 is 9.13 Å². The van der Waals surface area contributed by atoms with Gasteiger partial charge in [0.1, 0.15) is 0 Å². The molecule has 0 saturated heterocycles. The van der Waals surface area contributed by atoms with Crippen LogP contribution in [0.2, 0.25) is 0 Å². The first kappa shape index (κ1) is 30.5. The summed E-state index contributed by atoms with van der Waals surface area (Å²) < 4.78 is 7.55. The maximum Gasteiger partial charge on any atom is 0.0555 e. The Balaban J connectivity index is 1.08. The molecule has 0 radical (unpaired) electrons. The SMILES string of the molecule is c1ccc(-c2cccc(-n3c4ccccc4c4cc(-c5ccc6c(c5)c5cc7ccccc7cc5n6-c5cccc6sc7ccccc7c56)ccc43)c2)cc1. The lowest BCUT2D eigenvalue weighted by Crippen LogP contribution is -1.95. The third-order valence-corrected chi connectivity index (χ3v) is 12.6. The van der Waals surface area contributed by atoms with Gasteiger partial charge in [0.15, 0.2) is 0 Å². The highest BCUT2D eigenvalue weighted by atomic mass is 32.1. The predicted octanol–water partition coefficient (Wildman–Crippen LogP) is 14.7. The van der Waals surface area contributed by atoms with Crippen molar-refractivity contribution in [2.75, 3.05) is 0 Å². The van der Waals surface area contributed by atoms with Gasteiger partial charge in [0.25, 0.3) is 0 Å². The Morgan fingerprint density at radius 2 is 0.891 bits per heavy atom. The molecule has 0 atom stereocenters. The molecule has 0 N–H and O–H groups in total.